The third kappa shape index (κ3) is 4.64. The second kappa shape index (κ2) is 10.1. The van der Waals surface area contributed by atoms with Gasteiger partial charge in [-0.05, 0) is 18.4 Å². The van der Waals surface area contributed by atoms with Gasteiger partial charge in [-0.3, -0.25) is 4.79 Å². The van der Waals surface area contributed by atoms with Crippen molar-refractivity contribution in [1.82, 2.24) is 4.98 Å². The highest BCUT2D eigenvalue weighted by Gasteiger charge is 2.50. The van der Waals surface area contributed by atoms with Gasteiger partial charge in [-0.25, -0.2) is 4.98 Å². The van der Waals surface area contributed by atoms with E-state index in [-0.39, 0.29) is 12.1 Å². The van der Waals surface area contributed by atoms with Crippen LogP contribution in [0.25, 0.3) is 10.6 Å². The van der Waals surface area contributed by atoms with Crippen molar-refractivity contribution in [3.63, 3.8) is 0 Å². The zero-order valence-electron chi connectivity index (χ0n) is 21.1. The zero-order chi connectivity index (χ0) is 24.4. The van der Waals surface area contributed by atoms with E-state index in [0.717, 1.165) is 66.7 Å². The number of benzene rings is 2. The van der Waals surface area contributed by atoms with Crippen LogP contribution >= 0.6 is 11.3 Å². The summed E-state index contributed by atoms with van der Waals surface area (Å²) >= 11 is 1.74. The summed E-state index contributed by atoms with van der Waals surface area (Å²) in [4.78, 5) is 19.0. The first-order chi connectivity index (χ1) is 17.7. The minimum atomic E-state index is -0.478. The second-order valence-electron chi connectivity index (χ2n) is 11.3. The van der Waals surface area contributed by atoms with Crippen LogP contribution < -0.4 is 0 Å². The van der Waals surface area contributed by atoms with Gasteiger partial charge in [-0.2, -0.15) is 0 Å². The smallest absolute Gasteiger partial charge is 0.317 e. The number of esters is 1. The van der Waals surface area contributed by atoms with Crippen molar-refractivity contribution in [2.24, 2.45) is 5.92 Å². The highest BCUT2D eigenvalue weighted by atomic mass is 32.1. The number of piperidine rings is 3. The maximum Gasteiger partial charge on any atom is 0.317 e. The lowest BCUT2D eigenvalue weighted by Gasteiger charge is -2.52. The number of carbonyl (C=O) groups excluding carboxylic acids is 1. The lowest BCUT2D eigenvalue weighted by atomic mass is 9.74. The molecule has 1 aromatic heterocycles. The maximum absolute atomic E-state index is 14.0. The van der Waals surface area contributed by atoms with Crippen molar-refractivity contribution in [1.29, 1.82) is 0 Å². The van der Waals surface area contributed by atoms with E-state index in [4.69, 9.17) is 9.72 Å². The Morgan fingerprint density at radius 1 is 0.944 bits per heavy atom. The van der Waals surface area contributed by atoms with E-state index in [9.17, 15) is 4.79 Å². The lowest BCUT2D eigenvalue weighted by Crippen LogP contribution is -2.64. The average Bonchev–Trinajstić information content (AvgIpc) is 3.23. The molecule has 0 N–H and O–H groups in total. The van der Waals surface area contributed by atoms with Crippen molar-refractivity contribution >= 4 is 17.3 Å². The number of carbonyl (C=O) groups is 1. The SMILES string of the molecule is O=C(O[C@H]1C[N+]2(Cc3csc(-c4ccccc4)n3)CCC1CC2)C1(c2ccccc2)CCCCCC1. The molecule has 0 amide bonds. The Bertz CT molecular complexity index is 1160. The van der Waals surface area contributed by atoms with Gasteiger partial charge in [0.25, 0.3) is 0 Å². The summed E-state index contributed by atoms with van der Waals surface area (Å²) in [6.45, 7) is 4.20. The quantitative estimate of drug-likeness (QED) is 0.213. The fraction of sp³-hybridized carbons (Fsp3) is 0.484. The van der Waals surface area contributed by atoms with Crippen LogP contribution in [0.2, 0.25) is 0 Å². The van der Waals surface area contributed by atoms with Crippen LogP contribution in [0.1, 0.15) is 62.6 Å². The van der Waals surface area contributed by atoms with E-state index in [1.807, 2.05) is 12.1 Å². The number of thiazole rings is 1. The molecule has 1 aliphatic carbocycles. The molecule has 2 aromatic carbocycles. The van der Waals surface area contributed by atoms with E-state index in [2.05, 4.69) is 53.9 Å². The average molecular weight is 502 g/mol. The molecule has 2 bridgehead atoms. The van der Waals surface area contributed by atoms with E-state index >= 15 is 0 Å². The molecule has 1 atom stereocenters. The third-order valence-corrected chi connectivity index (χ3v) is 9.98. The largest absolute Gasteiger partial charge is 0.455 e. The fourth-order valence-electron chi connectivity index (χ4n) is 6.96. The number of quaternary nitrogens is 1. The molecule has 0 radical (unpaired) electrons. The number of hydrogen-bond donors (Lipinski definition) is 0. The highest BCUT2D eigenvalue weighted by Crippen LogP contribution is 2.43. The predicted molar refractivity (Wildman–Crippen MR) is 145 cm³/mol. The van der Waals surface area contributed by atoms with Gasteiger partial charge in [0.15, 0.2) is 6.10 Å². The Balaban J connectivity index is 1.19. The van der Waals surface area contributed by atoms with Crippen LogP contribution in [0.5, 0.6) is 0 Å². The van der Waals surface area contributed by atoms with Crippen LogP contribution in [0.15, 0.2) is 66.0 Å². The first-order valence-corrected chi connectivity index (χ1v) is 14.7. The molecular weight excluding hydrogens is 464 g/mol. The second-order valence-corrected chi connectivity index (χ2v) is 12.1. The molecule has 5 heteroatoms. The van der Waals surface area contributed by atoms with Crippen molar-refractivity contribution in [3.05, 3.63) is 77.3 Å². The summed E-state index contributed by atoms with van der Waals surface area (Å²) in [5.41, 5.74) is 3.04. The van der Waals surface area contributed by atoms with Gasteiger partial charge in [0.2, 0.25) is 0 Å². The monoisotopic (exact) mass is 501 g/mol. The zero-order valence-corrected chi connectivity index (χ0v) is 21.9. The minimum absolute atomic E-state index is 0.0241. The van der Waals surface area contributed by atoms with E-state index in [1.165, 1.54) is 37.2 Å². The van der Waals surface area contributed by atoms with Crippen molar-refractivity contribution in [2.75, 3.05) is 19.6 Å². The van der Waals surface area contributed by atoms with Gasteiger partial charge < -0.3 is 9.22 Å². The van der Waals surface area contributed by atoms with Gasteiger partial charge in [0.05, 0.1) is 18.5 Å². The van der Waals surface area contributed by atoms with Gasteiger partial charge in [-0.15, -0.1) is 11.3 Å². The molecule has 4 nitrogen and oxygen atoms in total. The van der Waals surface area contributed by atoms with E-state index in [1.54, 1.807) is 11.3 Å². The molecule has 1 saturated carbocycles. The number of fused-ring (bicyclic) bond motifs is 3. The first kappa shape index (κ1) is 23.9. The standard InChI is InChI=1S/C31H37N2O2S/c34-30(31(17-9-1-2-10-18-31)26-13-7-4-8-14-26)35-28-22-33(19-15-24(28)16-20-33)21-27-23-36-29(32-27)25-11-5-3-6-12-25/h3-8,11-14,23-24,28H,1-2,9-10,15-22H2/q+1/t24?,28-,33?/m0/s1. The summed E-state index contributed by atoms with van der Waals surface area (Å²) < 4.78 is 7.55. The highest BCUT2D eigenvalue weighted by molar-refractivity contribution is 7.13. The number of aromatic nitrogens is 1. The molecule has 4 aliphatic rings. The lowest BCUT2D eigenvalue weighted by molar-refractivity contribution is -0.958. The molecule has 3 aromatic rings. The number of ether oxygens (including phenoxy) is 1. The predicted octanol–water partition coefficient (Wildman–Crippen LogP) is 6.75. The van der Waals surface area contributed by atoms with Crippen LogP contribution in [0.3, 0.4) is 0 Å². The molecular formula is C31H37N2O2S+. The molecule has 4 heterocycles. The van der Waals surface area contributed by atoms with Gasteiger partial charge >= 0.3 is 5.97 Å². The first-order valence-electron chi connectivity index (χ1n) is 13.8. The summed E-state index contributed by atoms with van der Waals surface area (Å²) in [5.74, 6) is 0.537. The topological polar surface area (TPSA) is 39.2 Å². The number of rotatable bonds is 6. The molecule has 188 valence electrons. The maximum atomic E-state index is 14.0. The molecule has 0 spiro atoms. The summed E-state index contributed by atoms with van der Waals surface area (Å²) in [5, 5.41) is 3.32. The molecule has 36 heavy (non-hydrogen) atoms. The van der Waals surface area contributed by atoms with Crippen LogP contribution in [0, 0.1) is 5.92 Å². The molecule has 7 rings (SSSR count). The Kier molecular flexibility index (Phi) is 6.70. The summed E-state index contributed by atoms with van der Waals surface area (Å²) in [7, 11) is 0. The molecule has 4 fully saturated rings. The molecule has 3 saturated heterocycles. The minimum Gasteiger partial charge on any atom is -0.455 e. The normalized spacial score (nSPS) is 27.3. The summed E-state index contributed by atoms with van der Waals surface area (Å²) in [6.07, 6.45) is 8.77. The van der Waals surface area contributed by atoms with Gasteiger partial charge in [-0.1, -0.05) is 86.3 Å². The van der Waals surface area contributed by atoms with Crippen LogP contribution in [-0.2, 0) is 21.5 Å². The Morgan fingerprint density at radius 3 is 2.31 bits per heavy atom. The van der Waals surface area contributed by atoms with Crippen molar-refractivity contribution in [3.8, 4) is 10.6 Å². The van der Waals surface area contributed by atoms with Gasteiger partial charge in [0, 0.05) is 29.7 Å². The Morgan fingerprint density at radius 2 is 1.61 bits per heavy atom. The number of nitrogens with zero attached hydrogens (tertiary/aromatic N) is 2. The molecule has 3 aliphatic heterocycles. The number of hydrogen-bond acceptors (Lipinski definition) is 4. The Labute approximate surface area is 218 Å². The van der Waals surface area contributed by atoms with E-state index in [0.29, 0.717) is 5.92 Å². The Hall–Kier alpha value is -2.50. The summed E-state index contributed by atoms with van der Waals surface area (Å²) in [6, 6.07) is 20.9. The van der Waals surface area contributed by atoms with Crippen molar-refractivity contribution < 1.29 is 14.0 Å². The molecule has 0 unspecified atom stereocenters. The van der Waals surface area contributed by atoms with Gasteiger partial charge in [0.1, 0.15) is 23.8 Å². The van der Waals surface area contributed by atoms with E-state index < -0.39 is 5.41 Å². The van der Waals surface area contributed by atoms with Crippen molar-refractivity contribution in [2.45, 2.75) is 69.4 Å². The van der Waals surface area contributed by atoms with Crippen LogP contribution in [-0.4, -0.2) is 41.2 Å². The fourth-order valence-corrected chi connectivity index (χ4v) is 7.78. The van der Waals surface area contributed by atoms with Crippen LogP contribution in [0.4, 0.5) is 0 Å². The third-order valence-electron chi connectivity index (χ3n) is 9.04.